The van der Waals surface area contributed by atoms with Gasteiger partial charge >= 0.3 is 11.9 Å². The molecule has 2 atom stereocenters. The van der Waals surface area contributed by atoms with E-state index in [1.54, 1.807) is 19.3 Å². The second-order valence-electron chi connectivity index (χ2n) is 11.0. The van der Waals surface area contributed by atoms with E-state index in [9.17, 15) is 19.2 Å². The first-order chi connectivity index (χ1) is 20.8. The Labute approximate surface area is 255 Å². The summed E-state index contributed by atoms with van der Waals surface area (Å²) in [6, 6.07) is 22.2. The normalized spacial score (nSPS) is 12.2. The Kier molecular flexibility index (Phi) is 14.3. The number of pyridine rings is 1. The third-order valence-electron chi connectivity index (χ3n) is 7.39. The summed E-state index contributed by atoms with van der Waals surface area (Å²) in [6.45, 7) is 4.08. The molecule has 0 amide bonds. The number of rotatable bonds is 19. The number of ketones is 2. The molecule has 0 unspecified atom stereocenters. The second-order valence-corrected chi connectivity index (χ2v) is 11.0. The van der Waals surface area contributed by atoms with Gasteiger partial charge in [0.05, 0.1) is 25.6 Å². The van der Waals surface area contributed by atoms with Crippen LogP contribution in [0.15, 0.2) is 79.1 Å². The van der Waals surface area contributed by atoms with E-state index in [0.29, 0.717) is 45.1 Å². The maximum absolute atomic E-state index is 12.9. The highest BCUT2D eigenvalue weighted by Gasteiger charge is 2.23. The van der Waals surface area contributed by atoms with Crippen molar-refractivity contribution >= 4 is 23.5 Å². The fourth-order valence-electron chi connectivity index (χ4n) is 5.07. The van der Waals surface area contributed by atoms with E-state index < -0.39 is 5.97 Å². The van der Waals surface area contributed by atoms with Crippen LogP contribution in [0, 0.1) is 11.8 Å². The van der Waals surface area contributed by atoms with Gasteiger partial charge in [0.15, 0.2) is 0 Å². The topological polar surface area (TPSA) is 99.6 Å². The van der Waals surface area contributed by atoms with Crippen LogP contribution in [0.2, 0.25) is 0 Å². The second kappa shape index (κ2) is 18.4. The number of benzene rings is 2. The Bertz CT molecular complexity index is 1290. The van der Waals surface area contributed by atoms with Crippen LogP contribution in [0.3, 0.4) is 0 Å². The molecular weight excluding hydrogens is 542 g/mol. The van der Waals surface area contributed by atoms with Crippen LogP contribution in [-0.2, 0) is 41.5 Å². The van der Waals surface area contributed by atoms with Gasteiger partial charge in [-0.25, -0.2) is 0 Å². The number of Topliss-reactive ketones (excluding diaryl/α,β-unsaturated/α-hetero) is 2. The number of carbonyl (C=O) groups excluding carboxylic acids is 4. The van der Waals surface area contributed by atoms with Gasteiger partial charge < -0.3 is 9.47 Å². The minimum absolute atomic E-state index is 0.000739. The lowest BCUT2D eigenvalue weighted by atomic mass is 9.85. The van der Waals surface area contributed by atoms with Crippen LogP contribution in [0.4, 0.5) is 0 Å². The van der Waals surface area contributed by atoms with Crippen molar-refractivity contribution in [3.63, 3.8) is 0 Å². The zero-order valence-electron chi connectivity index (χ0n) is 25.3. The minimum Gasteiger partial charge on any atom is -0.466 e. The summed E-state index contributed by atoms with van der Waals surface area (Å²) >= 11 is 0. The lowest BCUT2D eigenvalue weighted by Gasteiger charge is -2.20. The number of hydrogen-bond donors (Lipinski definition) is 0. The van der Waals surface area contributed by atoms with Crippen molar-refractivity contribution < 1.29 is 28.7 Å². The van der Waals surface area contributed by atoms with Crippen molar-refractivity contribution in [3.05, 3.63) is 90.3 Å². The van der Waals surface area contributed by atoms with Gasteiger partial charge in [0.1, 0.15) is 11.6 Å². The van der Waals surface area contributed by atoms with Crippen molar-refractivity contribution in [2.75, 3.05) is 13.2 Å². The third-order valence-corrected chi connectivity index (χ3v) is 7.39. The fraction of sp³-hybridized carbons (Fsp3) is 0.417. The van der Waals surface area contributed by atoms with Crippen molar-refractivity contribution in [1.82, 2.24) is 4.98 Å². The molecule has 0 spiro atoms. The number of ether oxygens (including phenoxy) is 2. The molecule has 0 saturated heterocycles. The van der Waals surface area contributed by atoms with Gasteiger partial charge in [-0.2, -0.15) is 0 Å². The molecule has 7 heteroatoms. The summed E-state index contributed by atoms with van der Waals surface area (Å²) in [6.07, 6.45) is 6.86. The Balaban J connectivity index is 1.43. The molecule has 228 valence electrons. The summed E-state index contributed by atoms with van der Waals surface area (Å²) in [5.74, 6) is -1.02. The number of esters is 2. The zero-order valence-corrected chi connectivity index (χ0v) is 25.3. The summed E-state index contributed by atoms with van der Waals surface area (Å²) in [5.41, 5.74) is 4.40. The molecule has 0 saturated carbocycles. The monoisotopic (exact) mass is 585 g/mol. The first-order valence-electron chi connectivity index (χ1n) is 15.2. The van der Waals surface area contributed by atoms with Crippen LogP contribution in [0.5, 0.6) is 0 Å². The molecule has 43 heavy (non-hydrogen) atoms. The molecule has 1 heterocycles. The Morgan fingerprint density at radius 2 is 1.44 bits per heavy atom. The number of nitrogens with zero attached hydrogens (tertiary/aromatic N) is 1. The van der Waals surface area contributed by atoms with E-state index in [4.69, 9.17) is 9.47 Å². The molecule has 7 nitrogen and oxygen atoms in total. The first kappa shape index (κ1) is 33.4. The van der Waals surface area contributed by atoms with Gasteiger partial charge in [-0.15, -0.1) is 0 Å². The standard InChI is InChI=1S/C36H43NO6/c1-3-42-36(41)27(2)24-30(25-29-11-14-32(15-12-29)31-8-5-4-6-9-31)26-34(39)17-18-35(40)43-23-7-10-33(38)16-13-28-19-21-37-22-20-28/h4-6,8-9,11-12,14-15,19-22,27,30H,3,7,10,13,16-18,23-26H2,1-2H3/t27-,30+/m1/s1. The summed E-state index contributed by atoms with van der Waals surface area (Å²) in [7, 11) is 0. The third kappa shape index (κ3) is 12.7. The summed E-state index contributed by atoms with van der Waals surface area (Å²) in [4.78, 5) is 53.5. The number of aryl methyl sites for hydroxylation is 1. The van der Waals surface area contributed by atoms with Crippen LogP contribution in [0.25, 0.3) is 11.1 Å². The first-order valence-corrected chi connectivity index (χ1v) is 15.2. The van der Waals surface area contributed by atoms with Crippen molar-refractivity contribution in [3.8, 4) is 11.1 Å². The van der Waals surface area contributed by atoms with Gasteiger partial charge in [0, 0.05) is 38.1 Å². The molecule has 0 radical (unpaired) electrons. The number of hydrogen-bond acceptors (Lipinski definition) is 7. The lowest BCUT2D eigenvalue weighted by molar-refractivity contribution is -0.148. The Hall–Kier alpha value is -4.13. The van der Waals surface area contributed by atoms with Crippen LogP contribution in [0.1, 0.15) is 69.9 Å². The number of carbonyl (C=O) groups is 4. The van der Waals surface area contributed by atoms with Crippen molar-refractivity contribution in [2.24, 2.45) is 11.8 Å². The summed E-state index contributed by atoms with van der Waals surface area (Å²) in [5, 5.41) is 0. The van der Waals surface area contributed by atoms with Gasteiger partial charge in [-0.3, -0.25) is 24.2 Å². The number of aromatic nitrogens is 1. The van der Waals surface area contributed by atoms with Crippen LogP contribution < -0.4 is 0 Å². The quantitative estimate of drug-likeness (QED) is 0.113. The van der Waals surface area contributed by atoms with E-state index in [0.717, 1.165) is 22.3 Å². The average molecular weight is 586 g/mol. The molecule has 2 aromatic carbocycles. The highest BCUT2D eigenvalue weighted by molar-refractivity contribution is 5.83. The van der Waals surface area contributed by atoms with E-state index in [-0.39, 0.29) is 55.2 Å². The van der Waals surface area contributed by atoms with E-state index in [2.05, 4.69) is 41.4 Å². The van der Waals surface area contributed by atoms with Crippen molar-refractivity contribution in [2.45, 2.75) is 71.6 Å². The molecule has 1 aromatic heterocycles. The van der Waals surface area contributed by atoms with Gasteiger partial charge in [0.2, 0.25) is 0 Å². The molecule has 0 bridgehead atoms. The zero-order chi connectivity index (χ0) is 30.9. The SMILES string of the molecule is CCOC(=O)[C@H](C)C[C@H](CC(=O)CCC(=O)OCCCC(=O)CCc1ccncc1)Cc1ccc(-c2ccccc2)cc1. The fourth-order valence-corrected chi connectivity index (χ4v) is 5.07. The van der Waals surface area contributed by atoms with Crippen molar-refractivity contribution in [1.29, 1.82) is 0 Å². The van der Waals surface area contributed by atoms with Crippen LogP contribution in [-0.4, -0.2) is 41.7 Å². The predicted octanol–water partition coefficient (Wildman–Crippen LogP) is 6.76. The Morgan fingerprint density at radius 1 is 0.744 bits per heavy atom. The Morgan fingerprint density at radius 3 is 2.14 bits per heavy atom. The molecule has 0 fully saturated rings. The minimum atomic E-state index is -0.439. The molecule has 3 aromatic rings. The molecule has 0 N–H and O–H groups in total. The van der Waals surface area contributed by atoms with Gasteiger partial charge in [-0.1, -0.05) is 61.5 Å². The molecule has 0 aliphatic carbocycles. The maximum atomic E-state index is 12.9. The molecule has 3 rings (SSSR count). The van der Waals surface area contributed by atoms with E-state index in [1.165, 1.54) is 0 Å². The van der Waals surface area contributed by atoms with Gasteiger partial charge in [0.25, 0.3) is 0 Å². The highest BCUT2D eigenvalue weighted by Crippen LogP contribution is 2.25. The van der Waals surface area contributed by atoms with Crippen LogP contribution >= 0.6 is 0 Å². The summed E-state index contributed by atoms with van der Waals surface area (Å²) < 4.78 is 10.5. The van der Waals surface area contributed by atoms with Gasteiger partial charge in [-0.05, 0) is 72.9 Å². The van der Waals surface area contributed by atoms with E-state index >= 15 is 0 Å². The molecule has 0 aliphatic heterocycles. The smallest absolute Gasteiger partial charge is 0.308 e. The largest absolute Gasteiger partial charge is 0.466 e. The average Bonchev–Trinajstić information content (AvgIpc) is 3.02. The molecule has 0 aliphatic rings. The van der Waals surface area contributed by atoms with E-state index in [1.807, 2.05) is 37.3 Å². The molecular formula is C36H43NO6. The lowest BCUT2D eigenvalue weighted by Crippen LogP contribution is -2.21. The highest BCUT2D eigenvalue weighted by atomic mass is 16.5. The predicted molar refractivity (Wildman–Crippen MR) is 166 cm³/mol. The maximum Gasteiger partial charge on any atom is 0.308 e.